The molecule has 0 saturated carbocycles. The van der Waals surface area contributed by atoms with E-state index in [0.29, 0.717) is 24.7 Å². The fraction of sp³-hybridized carbons (Fsp3) is 0.656. The number of hydrogen-bond donors (Lipinski definition) is 1. The molecule has 4 nitrogen and oxygen atoms in total. The van der Waals surface area contributed by atoms with E-state index in [4.69, 9.17) is 9.15 Å². The topological polar surface area (TPSA) is 51.5 Å². The van der Waals surface area contributed by atoms with E-state index >= 15 is 0 Å². The number of nitrogens with one attached hydrogen (secondary N) is 1. The molecule has 202 valence electrons. The van der Waals surface area contributed by atoms with Gasteiger partial charge in [-0.25, -0.2) is 0 Å². The lowest BCUT2D eigenvalue weighted by Crippen LogP contribution is -2.23. The molecule has 1 amide bonds. The van der Waals surface area contributed by atoms with Crippen LogP contribution in [0.25, 0.3) is 0 Å². The highest BCUT2D eigenvalue weighted by Crippen LogP contribution is 2.19. The molecule has 4 heteroatoms. The third-order valence-corrected chi connectivity index (χ3v) is 6.78. The second-order valence-corrected chi connectivity index (χ2v) is 10.4. The third kappa shape index (κ3) is 13.8. The van der Waals surface area contributed by atoms with Crippen LogP contribution in [-0.2, 0) is 6.61 Å². The maximum atomic E-state index is 12.3. The van der Waals surface area contributed by atoms with Crippen molar-refractivity contribution in [2.45, 2.75) is 130 Å². The van der Waals surface area contributed by atoms with Gasteiger partial charge in [0, 0.05) is 6.54 Å². The first-order valence-corrected chi connectivity index (χ1v) is 14.7. The van der Waals surface area contributed by atoms with Gasteiger partial charge in [-0.2, -0.15) is 0 Å². The summed E-state index contributed by atoms with van der Waals surface area (Å²) in [4.78, 5) is 12.3. The van der Waals surface area contributed by atoms with Gasteiger partial charge in [0.2, 0.25) is 0 Å². The molecule has 0 fully saturated rings. The van der Waals surface area contributed by atoms with Gasteiger partial charge >= 0.3 is 0 Å². The van der Waals surface area contributed by atoms with Gasteiger partial charge in [0.25, 0.3) is 5.91 Å². The fourth-order valence-electron chi connectivity index (χ4n) is 4.71. The summed E-state index contributed by atoms with van der Waals surface area (Å²) in [6.45, 7) is 7.40. The molecule has 1 aromatic carbocycles. The molecule has 0 saturated heterocycles. The smallest absolute Gasteiger partial charge is 0.286 e. The van der Waals surface area contributed by atoms with Crippen molar-refractivity contribution < 1.29 is 13.9 Å². The van der Waals surface area contributed by atoms with E-state index in [0.717, 1.165) is 12.2 Å². The molecule has 0 radical (unpaired) electrons. The summed E-state index contributed by atoms with van der Waals surface area (Å²) in [7, 11) is 0. The van der Waals surface area contributed by atoms with Crippen LogP contribution in [0.2, 0.25) is 0 Å². The largest absolute Gasteiger partial charge is 0.486 e. The number of unbranched alkanes of at least 4 members (excludes halogenated alkanes) is 15. The molecule has 0 aliphatic heterocycles. The zero-order valence-corrected chi connectivity index (χ0v) is 23.3. The predicted octanol–water partition coefficient (Wildman–Crippen LogP) is 9.47. The van der Waals surface area contributed by atoms with Gasteiger partial charge in [0.05, 0.1) is 0 Å². The van der Waals surface area contributed by atoms with Crippen LogP contribution < -0.4 is 10.1 Å². The van der Waals surface area contributed by atoms with Crippen molar-refractivity contribution in [1.29, 1.82) is 0 Å². The highest BCUT2D eigenvalue weighted by Gasteiger charge is 2.11. The molecule has 0 aliphatic rings. The van der Waals surface area contributed by atoms with E-state index in [1.54, 1.807) is 6.07 Å². The quantitative estimate of drug-likeness (QED) is 0.175. The van der Waals surface area contributed by atoms with Crippen LogP contribution in [0.3, 0.4) is 0 Å². The van der Waals surface area contributed by atoms with Crippen molar-refractivity contribution in [1.82, 2.24) is 5.32 Å². The minimum atomic E-state index is -0.145. The average Bonchev–Trinajstić information content (AvgIpc) is 3.33. The van der Waals surface area contributed by atoms with Gasteiger partial charge in [-0.3, -0.25) is 4.79 Å². The highest BCUT2D eigenvalue weighted by molar-refractivity contribution is 5.91. The van der Waals surface area contributed by atoms with Gasteiger partial charge < -0.3 is 14.5 Å². The van der Waals surface area contributed by atoms with Gasteiger partial charge in [0.1, 0.15) is 18.1 Å². The molecule has 0 bridgehead atoms. The summed E-state index contributed by atoms with van der Waals surface area (Å²) < 4.78 is 11.5. The molecule has 0 aliphatic carbocycles. The van der Waals surface area contributed by atoms with E-state index in [9.17, 15) is 4.79 Å². The Bertz CT molecular complexity index is 821. The molecule has 0 spiro atoms. The van der Waals surface area contributed by atoms with E-state index < -0.39 is 0 Å². The molecule has 2 aromatic rings. The lowest BCUT2D eigenvalue weighted by Gasteiger charge is -2.07. The zero-order valence-electron chi connectivity index (χ0n) is 23.3. The molecule has 1 aromatic heterocycles. The SMILES string of the molecule is CCCCCCCCCCCCCCCCCCNC(=O)c1ccc(COc2cc(C)cc(C)c2)o1. The van der Waals surface area contributed by atoms with Crippen LogP contribution >= 0.6 is 0 Å². The van der Waals surface area contributed by atoms with E-state index in [1.165, 1.54) is 107 Å². The van der Waals surface area contributed by atoms with Crippen molar-refractivity contribution in [3.05, 3.63) is 53.0 Å². The Morgan fingerprint density at radius 3 is 1.75 bits per heavy atom. The molecule has 2 rings (SSSR count). The monoisotopic (exact) mass is 497 g/mol. The minimum Gasteiger partial charge on any atom is -0.486 e. The normalized spacial score (nSPS) is 11.1. The summed E-state index contributed by atoms with van der Waals surface area (Å²) in [5.74, 6) is 1.68. The number of aryl methyl sites for hydroxylation is 2. The van der Waals surface area contributed by atoms with Gasteiger partial charge in [-0.15, -0.1) is 0 Å². The van der Waals surface area contributed by atoms with E-state index in [1.807, 2.05) is 18.2 Å². The van der Waals surface area contributed by atoms with Crippen LogP contribution in [0.15, 0.2) is 34.7 Å². The Morgan fingerprint density at radius 1 is 0.722 bits per heavy atom. The van der Waals surface area contributed by atoms with Gasteiger partial charge in [-0.05, 0) is 55.7 Å². The first-order valence-electron chi connectivity index (χ1n) is 14.7. The van der Waals surface area contributed by atoms with Crippen LogP contribution in [0.4, 0.5) is 0 Å². The average molecular weight is 498 g/mol. The third-order valence-electron chi connectivity index (χ3n) is 6.78. The molecule has 1 heterocycles. The fourth-order valence-corrected chi connectivity index (χ4v) is 4.71. The van der Waals surface area contributed by atoms with Gasteiger partial charge in [-0.1, -0.05) is 109 Å². The Labute approximate surface area is 220 Å². The minimum absolute atomic E-state index is 0.145. The molecule has 0 unspecified atom stereocenters. The second kappa shape index (κ2) is 19.0. The number of carbonyl (C=O) groups is 1. The molecule has 1 N–H and O–H groups in total. The number of carbonyl (C=O) groups excluding carboxylic acids is 1. The number of amides is 1. The maximum absolute atomic E-state index is 12.3. The molecular weight excluding hydrogens is 446 g/mol. The Morgan fingerprint density at radius 2 is 1.22 bits per heavy atom. The van der Waals surface area contributed by atoms with Crippen molar-refractivity contribution in [3.63, 3.8) is 0 Å². The summed E-state index contributed by atoms with van der Waals surface area (Å²) in [6.07, 6.45) is 21.6. The van der Waals surface area contributed by atoms with Crippen LogP contribution in [0.1, 0.15) is 137 Å². The van der Waals surface area contributed by atoms with Crippen LogP contribution in [-0.4, -0.2) is 12.5 Å². The Hall–Kier alpha value is -2.23. The Kier molecular flexibility index (Phi) is 15.8. The first-order chi connectivity index (χ1) is 17.6. The summed E-state index contributed by atoms with van der Waals surface area (Å²) in [6, 6.07) is 9.65. The van der Waals surface area contributed by atoms with Crippen LogP contribution in [0.5, 0.6) is 5.75 Å². The molecular formula is C32H51NO3. The number of furan rings is 1. The maximum Gasteiger partial charge on any atom is 0.286 e. The summed E-state index contributed by atoms with van der Waals surface area (Å²) in [5.41, 5.74) is 2.33. The highest BCUT2D eigenvalue weighted by atomic mass is 16.5. The van der Waals surface area contributed by atoms with Crippen molar-refractivity contribution in [3.8, 4) is 5.75 Å². The molecule has 36 heavy (non-hydrogen) atoms. The summed E-state index contributed by atoms with van der Waals surface area (Å²) in [5, 5.41) is 2.98. The molecule has 0 atom stereocenters. The van der Waals surface area contributed by atoms with E-state index in [2.05, 4.69) is 32.2 Å². The number of benzene rings is 1. The summed E-state index contributed by atoms with van der Waals surface area (Å²) >= 11 is 0. The standard InChI is InChI=1S/C32H51NO3/c1-4-5-6-7-8-9-10-11-12-13-14-15-16-17-18-19-22-33-32(34)31-21-20-29(36-31)26-35-30-24-27(2)23-28(3)25-30/h20-21,23-25H,4-19,22,26H2,1-3H3,(H,33,34). The van der Waals surface area contributed by atoms with Crippen LogP contribution in [0, 0.1) is 13.8 Å². The number of ether oxygens (including phenoxy) is 1. The Balaban J connectivity index is 1.41. The number of rotatable bonds is 21. The predicted molar refractivity (Wildman–Crippen MR) is 151 cm³/mol. The number of hydrogen-bond acceptors (Lipinski definition) is 3. The van der Waals surface area contributed by atoms with Crippen molar-refractivity contribution in [2.24, 2.45) is 0 Å². The van der Waals surface area contributed by atoms with Crippen molar-refractivity contribution in [2.75, 3.05) is 6.54 Å². The second-order valence-electron chi connectivity index (χ2n) is 10.4. The van der Waals surface area contributed by atoms with E-state index in [-0.39, 0.29) is 5.91 Å². The lowest BCUT2D eigenvalue weighted by molar-refractivity contribution is 0.0921. The van der Waals surface area contributed by atoms with Crippen molar-refractivity contribution >= 4 is 5.91 Å². The van der Waals surface area contributed by atoms with Gasteiger partial charge in [0.15, 0.2) is 5.76 Å². The lowest BCUT2D eigenvalue weighted by atomic mass is 10.0. The first kappa shape index (κ1) is 30.0. The zero-order chi connectivity index (χ0) is 25.8.